The third-order valence-corrected chi connectivity index (χ3v) is 6.10. The number of benzene rings is 2. The molecule has 0 spiro atoms. The fourth-order valence-corrected chi connectivity index (χ4v) is 4.24. The van der Waals surface area contributed by atoms with Crippen molar-refractivity contribution in [2.24, 2.45) is 5.92 Å². The Balaban J connectivity index is 2.01. The summed E-state index contributed by atoms with van der Waals surface area (Å²) in [5.41, 5.74) is 1.67. The maximum absolute atomic E-state index is 13.5. The molecule has 0 amide bonds. The zero-order valence-corrected chi connectivity index (χ0v) is 17.7. The van der Waals surface area contributed by atoms with Crippen molar-refractivity contribution in [2.75, 3.05) is 13.1 Å². The highest BCUT2D eigenvalue weighted by molar-refractivity contribution is 6.31. The summed E-state index contributed by atoms with van der Waals surface area (Å²) in [5, 5.41) is 8.95. The summed E-state index contributed by atoms with van der Waals surface area (Å²) >= 11 is 5.83. The highest BCUT2D eigenvalue weighted by atomic mass is 35.5. The van der Waals surface area contributed by atoms with Crippen LogP contribution in [-0.2, 0) is 11.0 Å². The van der Waals surface area contributed by atoms with Gasteiger partial charge in [0.15, 0.2) is 0 Å². The fraction of sp³-hybridized carbons (Fsp3) is 0.435. The van der Waals surface area contributed by atoms with Gasteiger partial charge in [-0.05, 0) is 60.7 Å². The average Bonchev–Trinajstić information content (AvgIpc) is 2.69. The van der Waals surface area contributed by atoms with E-state index >= 15 is 0 Å². The lowest BCUT2D eigenvalue weighted by Gasteiger charge is -2.37. The molecule has 1 aliphatic heterocycles. The Morgan fingerprint density at radius 3 is 2.07 bits per heavy atom. The van der Waals surface area contributed by atoms with Crippen LogP contribution in [0.15, 0.2) is 42.5 Å². The van der Waals surface area contributed by atoms with Crippen molar-refractivity contribution in [3.05, 3.63) is 69.7 Å². The molecule has 0 radical (unpaired) electrons. The van der Waals surface area contributed by atoms with E-state index in [0.717, 1.165) is 17.2 Å². The Kier molecular flexibility index (Phi) is 6.78. The van der Waals surface area contributed by atoms with Crippen LogP contribution in [0.2, 0.25) is 5.02 Å². The molecule has 0 aromatic heterocycles. The minimum absolute atomic E-state index is 0.329. The molecule has 0 bridgehead atoms. The lowest BCUT2D eigenvalue weighted by atomic mass is 9.89. The Bertz CT molecular complexity index is 888. The Morgan fingerprint density at radius 2 is 1.57 bits per heavy atom. The summed E-state index contributed by atoms with van der Waals surface area (Å²) in [6.07, 6.45) is -3.61. The van der Waals surface area contributed by atoms with E-state index in [2.05, 4.69) is 18.7 Å². The molecule has 3 rings (SSSR count). The molecule has 2 aromatic rings. The predicted molar refractivity (Wildman–Crippen MR) is 111 cm³/mol. The highest BCUT2D eigenvalue weighted by Crippen LogP contribution is 2.39. The van der Waals surface area contributed by atoms with E-state index in [9.17, 15) is 23.1 Å². The van der Waals surface area contributed by atoms with Gasteiger partial charge >= 0.3 is 12.1 Å². The number of carboxylic acids is 1. The number of alkyl halides is 3. The van der Waals surface area contributed by atoms with Crippen LogP contribution < -0.4 is 0 Å². The van der Waals surface area contributed by atoms with Gasteiger partial charge in [-0.25, -0.2) is 0 Å². The van der Waals surface area contributed by atoms with E-state index in [1.165, 1.54) is 6.07 Å². The van der Waals surface area contributed by atoms with Gasteiger partial charge in [0.2, 0.25) is 0 Å². The van der Waals surface area contributed by atoms with Gasteiger partial charge in [0.1, 0.15) is 0 Å². The Hall–Kier alpha value is -2.05. The van der Waals surface area contributed by atoms with Crippen LogP contribution in [0.4, 0.5) is 13.2 Å². The van der Waals surface area contributed by atoms with Crippen LogP contribution in [0.25, 0.3) is 0 Å². The summed E-state index contributed by atoms with van der Waals surface area (Å²) in [5.74, 6) is -0.893. The number of hydrogen-bond donors (Lipinski definition) is 1. The number of rotatable bonds is 5. The van der Waals surface area contributed by atoms with Crippen molar-refractivity contribution in [1.29, 1.82) is 0 Å². The summed E-state index contributed by atoms with van der Waals surface area (Å²) in [6.45, 7) is 5.16. The van der Waals surface area contributed by atoms with Crippen LogP contribution in [0, 0.1) is 5.92 Å². The number of carboxylic acid groups (broad SMARTS) is 1. The second kappa shape index (κ2) is 8.98. The monoisotopic (exact) mass is 439 g/mol. The third kappa shape index (κ3) is 4.98. The minimum atomic E-state index is -4.55. The lowest BCUT2D eigenvalue weighted by molar-refractivity contribution is -0.143. The molecule has 30 heavy (non-hydrogen) atoms. The molecule has 1 aliphatic rings. The minimum Gasteiger partial charge on any atom is -0.481 e. The highest BCUT2D eigenvalue weighted by Gasteiger charge is 2.35. The van der Waals surface area contributed by atoms with Crippen molar-refractivity contribution in [3.8, 4) is 0 Å². The molecule has 3 nitrogen and oxygen atoms in total. The molecule has 1 N–H and O–H groups in total. The van der Waals surface area contributed by atoms with E-state index in [-0.39, 0.29) is 5.02 Å². The van der Waals surface area contributed by atoms with Crippen LogP contribution >= 0.6 is 11.6 Å². The lowest BCUT2D eigenvalue weighted by Crippen LogP contribution is -2.39. The maximum atomic E-state index is 13.5. The molecule has 1 fully saturated rings. The van der Waals surface area contributed by atoms with Crippen LogP contribution in [0.5, 0.6) is 0 Å². The summed E-state index contributed by atoms with van der Waals surface area (Å²) in [6, 6.07) is 11.5. The standard InChI is InChI=1S/C23H25ClF3NO2/c1-14(2)15-3-5-16(6-4-15)21(28-11-9-17(10-12-28)22(29)30)18-7-8-20(24)19(13-18)23(25,26)27/h3-8,13-14,17,21H,9-12H2,1-2H3,(H,29,30). The van der Waals surface area contributed by atoms with Crippen molar-refractivity contribution < 1.29 is 23.1 Å². The summed E-state index contributed by atoms with van der Waals surface area (Å²) < 4.78 is 40.4. The number of hydrogen-bond acceptors (Lipinski definition) is 2. The molecular weight excluding hydrogens is 415 g/mol. The van der Waals surface area contributed by atoms with Gasteiger partial charge < -0.3 is 5.11 Å². The average molecular weight is 440 g/mol. The van der Waals surface area contributed by atoms with E-state index in [1.807, 2.05) is 24.3 Å². The topological polar surface area (TPSA) is 40.5 Å². The van der Waals surface area contributed by atoms with Gasteiger partial charge in [-0.2, -0.15) is 13.2 Å². The number of piperidine rings is 1. The molecule has 162 valence electrons. The van der Waals surface area contributed by atoms with E-state index in [1.54, 1.807) is 6.07 Å². The Labute approximate surface area is 179 Å². The fourth-order valence-electron chi connectivity index (χ4n) is 4.01. The van der Waals surface area contributed by atoms with Crippen LogP contribution in [0.1, 0.15) is 60.9 Å². The number of likely N-dealkylation sites (tertiary alicyclic amines) is 1. The van der Waals surface area contributed by atoms with Crippen LogP contribution in [-0.4, -0.2) is 29.1 Å². The molecule has 1 atom stereocenters. The first-order valence-electron chi connectivity index (χ1n) is 10.0. The van der Waals surface area contributed by atoms with Gasteiger partial charge in [-0.15, -0.1) is 0 Å². The number of aliphatic carboxylic acids is 1. The first-order valence-corrected chi connectivity index (χ1v) is 10.4. The van der Waals surface area contributed by atoms with Gasteiger partial charge in [0, 0.05) is 0 Å². The number of nitrogens with zero attached hydrogens (tertiary/aromatic N) is 1. The quantitative estimate of drug-likeness (QED) is 0.588. The van der Waals surface area contributed by atoms with Gasteiger partial charge in [-0.1, -0.05) is 55.8 Å². The molecular formula is C23H25ClF3NO2. The molecule has 1 saturated heterocycles. The van der Waals surface area contributed by atoms with Crippen LogP contribution in [0.3, 0.4) is 0 Å². The van der Waals surface area contributed by atoms with Crippen molar-refractivity contribution in [1.82, 2.24) is 4.90 Å². The SMILES string of the molecule is CC(C)c1ccc(C(c2ccc(Cl)c(C(F)(F)F)c2)N2CCC(C(=O)O)CC2)cc1. The van der Waals surface area contributed by atoms with Gasteiger partial charge in [-0.3, -0.25) is 9.69 Å². The largest absolute Gasteiger partial charge is 0.481 e. The van der Waals surface area contributed by atoms with E-state index in [4.69, 9.17) is 11.6 Å². The van der Waals surface area contributed by atoms with E-state index in [0.29, 0.717) is 37.4 Å². The number of carbonyl (C=O) groups is 1. The second-order valence-corrected chi connectivity index (χ2v) is 8.52. The molecule has 2 aromatic carbocycles. The maximum Gasteiger partial charge on any atom is 0.417 e. The predicted octanol–water partition coefficient (Wildman–Crippen LogP) is 6.37. The first-order chi connectivity index (χ1) is 14.1. The van der Waals surface area contributed by atoms with Crippen molar-refractivity contribution in [3.63, 3.8) is 0 Å². The molecule has 0 aliphatic carbocycles. The number of halogens is 4. The van der Waals surface area contributed by atoms with Gasteiger partial charge in [0.25, 0.3) is 0 Å². The molecule has 0 saturated carbocycles. The smallest absolute Gasteiger partial charge is 0.417 e. The van der Waals surface area contributed by atoms with Crippen molar-refractivity contribution in [2.45, 2.75) is 44.8 Å². The normalized spacial score (nSPS) is 17.3. The zero-order chi connectivity index (χ0) is 22.1. The molecule has 1 heterocycles. The summed E-state index contributed by atoms with van der Waals surface area (Å²) in [4.78, 5) is 13.4. The molecule has 7 heteroatoms. The molecule has 1 unspecified atom stereocenters. The van der Waals surface area contributed by atoms with Crippen molar-refractivity contribution >= 4 is 17.6 Å². The Morgan fingerprint density at radius 1 is 1.03 bits per heavy atom. The van der Waals surface area contributed by atoms with Gasteiger partial charge in [0.05, 0.1) is 22.5 Å². The summed E-state index contributed by atoms with van der Waals surface area (Å²) in [7, 11) is 0. The third-order valence-electron chi connectivity index (χ3n) is 5.77. The second-order valence-electron chi connectivity index (χ2n) is 8.11. The zero-order valence-electron chi connectivity index (χ0n) is 16.9. The first kappa shape index (κ1) is 22.6. The van der Waals surface area contributed by atoms with E-state index < -0.39 is 29.7 Å².